The molecule has 1 N–H and O–H groups in total. The topological polar surface area (TPSA) is 12.0 Å². The Balaban J connectivity index is 2.43. The van der Waals surface area contributed by atoms with Crippen molar-refractivity contribution in [1.82, 2.24) is 5.32 Å². The molecule has 0 amide bonds. The highest BCUT2D eigenvalue weighted by atomic mass is 19.3. The summed E-state index contributed by atoms with van der Waals surface area (Å²) in [5.41, 5.74) is 0. The molecule has 1 fully saturated rings. The number of piperidine rings is 1. The van der Waals surface area contributed by atoms with E-state index in [0.29, 0.717) is 13.0 Å². The van der Waals surface area contributed by atoms with E-state index in [1.165, 1.54) is 0 Å². The second-order valence-corrected chi connectivity index (χ2v) is 3.16. The summed E-state index contributed by atoms with van der Waals surface area (Å²) in [7, 11) is 0. The Morgan fingerprint density at radius 2 is 2.27 bits per heavy atom. The van der Waals surface area contributed by atoms with Gasteiger partial charge in [-0.1, -0.05) is 6.92 Å². The molecule has 0 aromatic heterocycles. The van der Waals surface area contributed by atoms with Crippen LogP contribution in [0.3, 0.4) is 0 Å². The molecular formula is C8H15F2N. The summed E-state index contributed by atoms with van der Waals surface area (Å²) >= 11 is 0. The van der Waals surface area contributed by atoms with Gasteiger partial charge in [-0.05, 0) is 19.4 Å². The van der Waals surface area contributed by atoms with Crippen molar-refractivity contribution in [3.05, 3.63) is 0 Å². The Bertz CT molecular complexity index is 119. The normalized spacial score (nSPS) is 27.0. The molecule has 1 unspecified atom stereocenters. The van der Waals surface area contributed by atoms with Crippen LogP contribution in [0.25, 0.3) is 0 Å². The van der Waals surface area contributed by atoms with Gasteiger partial charge >= 0.3 is 0 Å². The van der Waals surface area contributed by atoms with Crippen LogP contribution in [0.1, 0.15) is 26.2 Å². The quantitative estimate of drug-likeness (QED) is 0.656. The fourth-order valence-corrected chi connectivity index (χ4v) is 1.50. The first kappa shape index (κ1) is 8.91. The maximum atomic E-state index is 13.0. The Labute approximate surface area is 66.2 Å². The minimum atomic E-state index is -2.45. The summed E-state index contributed by atoms with van der Waals surface area (Å²) in [6.45, 7) is 2.94. The third kappa shape index (κ3) is 2.12. The van der Waals surface area contributed by atoms with Crippen molar-refractivity contribution >= 4 is 0 Å². The predicted molar refractivity (Wildman–Crippen MR) is 40.8 cm³/mol. The van der Waals surface area contributed by atoms with Crippen LogP contribution in [0, 0.1) is 5.92 Å². The monoisotopic (exact) mass is 163 g/mol. The van der Waals surface area contributed by atoms with Gasteiger partial charge in [-0.2, -0.15) is 0 Å². The van der Waals surface area contributed by atoms with Gasteiger partial charge in [-0.15, -0.1) is 0 Å². The molecule has 66 valence electrons. The van der Waals surface area contributed by atoms with Crippen LogP contribution in [-0.4, -0.2) is 19.0 Å². The summed E-state index contributed by atoms with van der Waals surface area (Å²) in [5.74, 6) is -2.88. The molecule has 0 bridgehead atoms. The van der Waals surface area contributed by atoms with Gasteiger partial charge in [-0.25, -0.2) is 8.78 Å². The van der Waals surface area contributed by atoms with Crippen LogP contribution >= 0.6 is 0 Å². The van der Waals surface area contributed by atoms with E-state index in [2.05, 4.69) is 5.32 Å². The van der Waals surface area contributed by atoms with Crippen LogP contribution in [0.4, 0.5) is 8.78 Å². The number of alkyl halides is 2. The van der Waals surface area contributed by atoms with E-state index in [1.807, 2.05) is 0 Å². The van der Waals surface area contributed by atoms with E-state index < -0.39 is 11.8 Å². The third-order valence-electron chi connectivity index (χ3n) is 2.37. The fourth-order valence-electron chi connectivity index (χ4n) is 1.50. The van der Waals surface area contributed by atoms with Gasteiger partial charge in [0, 0.05) is 18.9 Å². The first-order chi connectivity index (χ1) is 5.17. The molecule has 0 aromatic rings. The predicted octanol–water partition coefficient (Wildman–Crippen LogP) is 2.03. The number of nitrogens with one attached hydrogen (secondary N) is 1. The average Bonchev–Trinajstić information content (AvgIpc) is 2.06. The van der Waals surface area contributed by atoms with Gasteiger partial charge in [0.05, 0.1) is 0 Å². The van der Waals surface area contributed by atoms with Gasteiger partial charge in [0.25, 0.3) is 5.92 Å². The molecule has 1 aliphatic heterocycles. The maximum absolute atomic E-state index is 13.0. The van der Waals surface area contributed by atoms with E-state index in [4.69, 9.17) is 0 Å². The van der Waals surface area contributed by atoms with E-state index >= 15 is 0 Å². The molecule has 0 aromatic carbocycles. The van der Waals surface area contributed by atoms with Crippen molar-refractivity contribution in [2.24, 2.45) is 5.92 Å². The number of hydrogen-bond donors (Lipinski definition) is 1. The van der Waals surface area contributed by atoms with Gasteiger partial charge in [0.15, 0.2) is 0 Å². The van der Waals surface area contributed by atoms with Gasteiger partial charge in [-0.3, -0.25) is 0 Å². The minimum Gasteiger partial charge on any atom is -0.316 e. The lowest BCUT2D eigenvalue weighted by atomic mass is 9.91. The Morgan fingerprint density at radius 1 is 1.55 bits per heavy atom. The minimum absolute atomic E-state index is 0.0284. The Kier molecular flexibility index (Phi) is 2.82. The molecule has 0 aliphatic carbocycles. The van der Waals surface area contributed by atoms with Crippen LogP contribution < -0.4 is 5.32 Å². The molecule has 1 rings (SSSR count). The zero-order chi connectivity index (χ0) is 8.32. The van der Waals surface area contributed by atoms with Crippen LogP contribution in [0.2, 0.25) is 0 Å². The summed E-state index contributed by atoms with van der Waals surface area (Å²) < 4.78 is 26.0. The van der Waals surface area contributed by atoms with Crippen molar-refractivity contribution in [3.8, 4) is 0 Å². The standard InChI is InChI=1S/C8H15F2N/c1-2-8(9,10)7-4-3-5-11-6-7/h7,11H,2-6H2,1H3. The molecule has 0 radical (unpaired) electrons. The summed E-state index contributed by atoms with van der Waals surface area (Å²) in [6.07, 6.45) is 1.54. The lowest BCUT2D eigenvalue weighted by Gasteiger charge is -2.29. The number of rotatable bonds is 2. The highest BCUT2D eigenvalue weighted by Gasteiger charge is 2.37. The SMILES string of the molecule is CCC(F)(F)C1CCCNC1. The first-order valence-corrected chi connectivity index (χ1v) is 4.25. The molecule has 1 heterocycles. The van der Waals surface area contributed by atoms with Crippen molar-refractivity contribution in [2.75, 3.05) is 13.1 Å². The van der Waals surface area contributed by atoms with Crippen molar-refractivity contribution in [3.63, 3.8) is 0 Å². The summed E-state index contributed by atoms with van der Waals surface area (Å²) in [4.78, 5) is 0. The zero-order valence-electron chi connectivity index (χ0n) is 6.87. The average molecular weight is 163 g/mol. The van der Waals surface area contributed by atoms with Crippen LogP contribution in [0.5, 0.6) is 0 Å². The zero-order valence-corrected chi connectivity index (χ0v) is 6.87. The smallest absolute Gasteiger partial charge is 0.251 e. The second kappa shape index (κ2) is 3.48. The lowest BCUT2D eigenvalue weighted by Crippen LogP contribution is -2.40. The number of halogens is 2. The third-order valence-corrected chi connectivity index (χ3v) is 2.37. The fraction of sp³-hybridized carbons (Fsp3) is 1.00. The molecule has 11 heavy (non-hydrogen) atoms. The molecule has 1 nitrogen and oxygen atoms in total. The molecule has 1 atom stereocenters. The van der Waals surface area contributed by atoms with Crippen LogP contribution in [0.15, 0.2) is 0 Å². The van der Waals surface area contributed by atoms with Gasteiger partial charge in [0.2, 0.25) is 0 Å². The molecule has 3 heteroatoms. The molecule has 1 saturated heterocycles. The van der Waals surface area contributed by atoms with E-state index in [0.717, 1.165) is 13.0 Å². The van der Waals surface area contributed by atoms with Crippen LogP contribution in [-0.2, 0) is 0 Å². The molecular weight excluding hydrogens is 148 g/mol. The summed E-state index contributed by atoms with van der Waals surface area (Å²) in [6, 6.07) is 0. The molecule has 0 spiro atoms. The number of hydrogen-bond acceptors (Lipinski definition) is 1. The lowest BCUT2D eigenvalue weighted by molar-refractivity contribution is -0.0682. The second-order valence-electron chi connectivity index (χ2n) is 3.16. The summed E-state index contributed by atoms with van der Waals surface area (Å²) in [5, 5.41) is 3.00. The highest BCUT2D eigenvalue weighted by Crippen LogP contribution is 2.32. The highest BCUT2D eigenvalue weighted by molar-refractivity contribution is 4.80. The Morgan fingerprint density at radius 3 is 2.73 bits per heavy atom. The molecule has 1 aliphatic rings. The van der Waals surface area contributed by atoms with Crippen molar-refractivity contribution in [1.29, 1.82) is 0 Å². The van der Waals surface area contributed by atoms with Crippen molar-refractivity contribution < 1.29 is 8.78 Å². The van der Waals surface area contributed by atoms with Gasteiger partial charge < -0.3 is 5.32 Å². The van der Waals surface area contributed by atoms with E-state index in [9.17, 15) is 8.78 Å². The largest absolute Gasteiger partial charge is 0.316 e. The first-order valence-electron chi connectivity index (χ1n) is 4.25. The molecule has 0 saturated carbocycles. The van der Waals surface area contributed by atoms with E-state index in [-0.39, 0.29) is 6.42 Å². The van der Waals surface area contributed by atoms with E-state index in [1.54, 1.807) is 6.92 Å². The maximum Gasteiger partial charge on any atom is 0.251 e. The van der Waals surface area contributed by atoms with Gasteiger partial charge in [0.1, 0.15) is 0 Å². The Hall–Kier alpha value is -0.180. The van der Waals surface area contributed by atoms with Crippen molar-refractivity contribution in [2.45, 2.75) is 32.1 Å².